The number of piperazine rings is 1. The highest BCUT2D eigenvalue weighted by Crippen LogP contribution is 2.13. The van der Waals surface area contributed by atoms with Gasteiger partial charge in [0.2, 0.25) is 0 Å². The summed E-state index contributed by atoms with van der Waals surface area (Å²) < 4.78 is 13.2. The van der Waals surface area contributed by atoms with Crippen molar-refractivity contribution in [1.29, 1.82) is 0 Å². The third-order valence-electron chi connectivity index (χ3n) is 5.38. The number of amides is 2. The van der Waals surface area contributed by atoms with Gasteiger partial charge in [-0.2, -0.15) is 0 Å². The van der Waals surface area contributed by atoms with Gasteiger partial charge >= 0.3 is 0 Å². The summed E-state index contributed by atoms with van der Waals surface area (Å²) in [6.07, 6.45) is 0. The lowest BCUT2D eigenvalue weighted by Crippen LogP contribution is -3.28. The Morgan fingerprint density at radius 1 is 0.828 bits per heavy atom. The predicted octanol–water partition coefficient (Wildman–Crippen LogP) is -0.197. The minimum Gasteiger partial charge on any atom is -0.321 e. The second-order valence-corrected chi connectivity index (χ2v) is 7.76. The van der Waals surface area contributed by atoms with Crippen molar-refractivity contribution < 1.29 is 23.8 Å². The van der Waals surface area contributed by atoms with Crippen molar-refractivity contribution >= 4 is 23.2 Å². The number of quaternary nitrogens is 2. The zero-order valence-corrected chi connectivity index (χ0v) is 17.0. The highest BCUT2D eigenvalue weighted by atomic mass is 19.1. The van der Waals surface area contributed by atoms with Gasteiger partial charge in [0, 0.05) is 11.4 Å². The topological polar surface area (TPSA) is 67.1 Å². The number of carbonyl (C=O) groups is 2. The van der Waals surface area contributed by atoms with Gasteiger partial charge in [0.25, 0.3) is 11.8 Å². The van der Waals surface area contributed by atoms with Crippen LogP contribution in [-0.2, 0) is 9.59 Å². The molecule has 1 aliphatic rings. The Kier molecular flexibility index (Phi) is 6.95. The lowest BCUT2D eigenvalue weighted by atomic mass is 10.1. The van der Waals surface area contributed by atoms with Gasteiger partial charge in [-0.05, 0) is 55.3 Å². The number of hydrogen-bond donors (Lipinski definition) is 4. The van der Waals surface area contributed by atoms with Gasteiger partial charge in [0.15, 0.2) is 13.1 Å². The Morgan fingerprint density at radius 2 is 1.38 bits per heavy atom. The molecule has 1 aliphatic heterocycles. The van der Waals surface area contributed by atoms with Crippen LogP contribution in [0.5, 0.6) is 0 Å². The Morgan fingerprint density at radius 3 is 1.90 bits per heavy atom. The van der Waals surface area contributed by atoms with Crippen molar-refractivity contribution in [2.75, 3.05) is 49.9 Å². The average Bonchev–Trinajstić information content (AvgIpc) is 2.66. The summed E-state index contributed by atoms with van der Waals surface area (Å²) >= 11 is 0. The molecule has 0 aromatic heterocycles. The molecule has 29 heavy (non-hydrogen) atoms. The van der Waals surface area contributed by atoms with Crippen LogP contribution < -0.4 is 20.4 Å². The van der Waals surface area contributed by atoms with E-state index in [4.69, 9.17) is 0 Å². The van der Waals surface area contributed by atoms with Crippen LogP contribution in [0.3, 0.4) is 0 Å². The van der Waals surface area contributed by atoms with Crippen LogP contribution in [-0.4, -0.2) is 51.1 Å². The van der Waals surface area contributed by atoms with Crippen LogP contribution in [0.2, 0.25) is 0 Å². The monoisotopic (exact) mass is 400 g/mol. The number of hydrogen-bond acceptors (Lipinski definition) is 2. The highest BCUT2D eigenvalue weighted by molar-refractivity contribution is 5.92. The Labute approximate surface area is 170 Å². The SMILES string of the molecule is Cc1ccc(NC(=O)C[NH+]2CC[NH+](CC(=O)Nc3cccc(F)c3)CC2)cc1C. The van der Waals surface area contributed by atoms with Gasteiger partial charge in [-0.25, -0.2) is 4.39 Å². The quantitative estimate of drug-likeness (QED) is 0.543. The third kappa shape index (κ3) is 6.37. The Hall–Kier alpha value is -2.77. The fraction of sp³-hybridized carbons (Fsp3) is 0.364. The van der Waals surface area contributed by atoms with E-state index in [1.807, 2.05) is 32.0 Å². The van der Waals surface area contributed by atoms with Crippen LogP contribution in [0.1, 0.15) is 11.1 Å². The summed E-state index contributed by atoms with van der Waals surface area (Å²) in [5, 5.41) is 5.71. The summed E-state index contributed by atoms with van der Waals surface area (Å²) in [6, 6.07) is 11.8. The maximum absolute atomic E-state index is 13.2. The largest absolute Gasteiger partial charge is 0.321 e. The molecule has 0 unspecified atom stereocenters. The van der Waals surface area contributed by atoms with Crippen molar-refractivity contribution in [1.82, 2.24) is 0 Å². The first kappa shape index (κ1) is 21.0. The van der Waals surface area contributed by atoms with Crippen molar-refractivity contribution in [3.63, 3.8) is 0 Å². The van der Waals surface area contributed by atoms with Gasteiger partial charge in [-0.3, -0.25) is 9.59 Å². The molecule has 4 N–H and O–H groups in total. The summed E-state index contributed by atoms with van der Waals surface area (Å²) in [5.41, 5.74) is 3.66. The molecule has 2 amide bonds. The Balaban J connectivity index is 1.40. The number of rotatable bonds is 6. The number of halogens is 1. The lowest BCUT2D eigenvalue weighted by Gasteiger charge is -2.29. The summed E-state index contributed by atoms with van der Waals surface area (Å²) in [7, 11) is 0. The third-order valence-corrected chi connectivity index (χ3v) is 5.38. The minimum absolute atomic E-state index is 0.00977. The average molecular weight is 400 g/mol. The summed E-state index contributed by atoms with van der Waals surface area (Å²) in [5.74, 6) is -0.483. The van der Waals surface area contributed by atoms with E-state index in [1.165, 1.54) is 27.5 Å². The summed E-state index contributed by atoms with van der Waals surface area (Å²) in [6.45, 7) is 8.17. The molecule has 6 nitrogen and oxygen atoms in total. The molecule has 0 spiro atoms. The number of benzene rings is 2. The molecule has 0 radical (unpaired) electrons. The van der Waals surface area contributed by atoms with Crippen LogP contribution >= 0.6 is 0 Å². The standard InChI is InChI=1S/C22H27FN4O2/c1-16-6-7-20(12-17(16)2)25-22(29)15-27-10-8-26(9-11-27)14-21(28)24-19-5-3-4-18(23)13-19/h3-7,12-13H,8-11,14-15H2,1-2H3,(H,24,28)(H,25,29)/p+2. The van der Waals surface area contributed by atoms with Crippen molar-refractivity contribution in [3.8, 4) is 0 Å². The smallest absolute Gasteiger partial charge is 0.279 e. The second-order valence-electron chi connectivity index (χ2n) is 7.76. The predicted molar refractivity (Wildman–Crippen MR) is 111 cm³/mol. The molecule has 2 aromatic rings. The first-order valence-corrected chi connectivity index (χ1v) is 9.99. The van der Waals surface area contributed by atoms with E-state index in [2.05, 4.69) is 10.6 Å². The van der Waals surface area contributed by atoms with E-state index in [0.717, 1.165) is 37.4 Å². The van der Waals surface area contributed by atoms with Gasteiger partial charge in [-0.15, -0.1) is 0 Å². The van der Waals surface area contributed by atoms with Crippen LogP contribution in [0, 0.1) is 19.7 Å². The highest BCUT2D eigenvalue weighted by Gasteiger charge is 2.26. The zero-order chi connectivity index (χ0) is 20.8. The lowest BCUT2D eigenvalue weighted by molar-refractivity contribution is -1.00. The van der Waals surface area contributed by atoms with E-state index >= 15 is 0 Å². The number of aryl methyl sites for hydroxylation is 2. The van der Waals surface area contributed by atoms with Gasteiger partial charge in [-0.1, -0.05) is 12.1 Å². The Bertz CT molecular complexity index is 879. The van der Waals surface area contributed by atoms with Crippen LogP contribution in [0.25, 0.3) is 0 Å². The molecule has 1 fully saturated rings. The van der Waals surface area contributed by atoms with Crippen LogP contribution in [0.4, 0.5) is 15.8 Å². The molecule has 0 bridgehead atoms. The molecule has 1 heterocycles. The molecule has 3 rings (SSSR count). The van der Waals surface area contributed by atoms with E-state index in [0.29, 0.717) is 18.8 Å². The summed E-state index contributed by atoms with van der Waals surface area (Å²) in [4.78, 5) is 26.9. The molecular formula is C22H29FN4O2+2. The number of anilines is 2. The fourth-order valence-corrected chi connectivity index (χ4v) is 3.56. The van der Waals surface area contributed by atoms with E-state index in [-0.39, 0.29) is 17.6 Å². The first-order valence-electron chi connectivity index (χ1n) is 9.99. The maximum Gasteiger partial charge on any atom is 0.279 e. The molecular weight excluding hydrogens is 371 g/mol. The molecule has 1 saturated heterocycles. The molecule has 0 saturated carbocycles. The van der Waals surface area contributed by atoms with E-state index in [1.54, 1.807) is 12.1 Å². The van der Waals surface area contributed by atoms with Gasteiger partial charge in [0.1, 0.15) is 32.0 Å². The number of carbonyl (C=O) groups excluding carboxylic acids is 2. The maximum atomic E-state index is 13.2. The second kappa shape index (κ2) is 9.62. The van der Waals surface area contributed by atoms with Crippen molar-refractivity contribution in [2.45, 2.75) is 13.8 Å². The van der Waals surface area contributed by atoms with E-state index < -0.39 is 0 Å². The van der Waals surface area contributed by atoms with Crippen LogP contribution in [0.15, 0.2) is 42.5 Å². The van der Waals surface area contributed by atoms with Gasteiger partial charge < -0.3 is 20.4 Å². The first-order chi connectivity index (χ1) is 13.9. The normalized spacial score (nSPS) is 18.9. The fourth-order valence-electron chi connectivity index (χ4n) is 3.56. The van der Waals surface area contributed by atoms with Crippen molar-refractivity contribution in [2.24, 2.45) is 0 Å². The molecule has 2 aromatic carbocycles. The van der Waals surface area contributed by atoms with Gasteiger partial charge in [0.05, 0.1) is 0 Å². The molecule has 0 aliphatic carbocycles. The minimum atomic E-state index is -0.369. The van der Waals surface area contributed by atoms with Crippen molar-refractivity contribution in [3.05, 3.63) is 59.4 Å². The van der Waals surface area contributed by atoms with E-state index in [9.17, 15) is 14.0 Å². The molecule has 0 atom stereocenters. The molecule has 7 heteroatoms. The molecule has 154 valence electrons. The number of nitrogens with one attached hydrogen (secondary N) is 4. The zero-order valence-electron chi connectivity index (χ0n) is 17.0.